The molecule has 0 spiro atoms. The first-order valence-corrected chi connectivity index (χ1v) is 13.2. The second kappa shape index (κ2) is 9.42. The van der Waals surface area contributed by atoms with Crippen LogP contribution in [0.25, 0.3) is 49.5 Å². The number of carbonyl (C=O) groups excluding carboxylic acids is 1. The Morgan fingerprint density at radius 1 is 1.24 bits per heavy atom. The van der Waals surface area contributed by atoms with Gasteiger partial charge in [-0.05, 0) is 47.6 Å². The molecule has 0 radical (unpaired) electrons. The molecule has 1 amide bonds. The van der Waals surface area contributed by atoms with Gasteiger partial charge in [-0.25, -0.2) is 4.98 Å². The molecule has 0 saturated heterocycles. The maximum Gasteiger partial charge on any atom is 0.224 e. The Morgan fingerprint density at radius 2 is 2.14 bits per heavy atom. The van der Waals surface area contributed by atoms with E-state index >= 15 is 0 Å². The van der Waals surface area contributed by atoms with Crippen LogP contribution < -0.4 is 11.1 Å². The Hall–Kier alpha value is -4.08. The minimum Gasteiger partial charge on any atom is -0.337 e. The summed E-state index contributed by atoms with van der Waals surface area (Å²) in [4.78, 5) is 26.6. The van der Waals surface area contributed by atoms with Gasteiger partial charge in [0.15, 0.2) is 5.82 Å². The number of benzene rings is 1. The molecule has 6 rings (SSSR count). The van der Waals surface area contributed by atoms with Crippen LogP contribution in [0, 0.1) is 5.92 Å². The number of aromatic nitrogens is 5. The average molecular weight is 510 g/mol. The molecule has 9 heteroatoms. The van der Waals surface area contributed by atoms with Crippen molar-refractivity contribution < 1.29 is 4.79 Å². The molecule has 5 N–H and O–H groups in total. The van der Waals surface area contributed by atoms with Gasteiger partial charge in [0.2, 0.25) is 5.91 Å². The number of aromatic amines is 2. The van der Waals surface area contributed by atoms with Crippen molar-refractivity contribution in [3.05, 3.63) is 71.5 Å². The van der Waals surface area contributed by atoms with Gasteiger partial charge < -0.3 is 16.0 Å². The predicted octanol–water partition coefficient (Wildman–Crippen LogP) is 5.39. The molecule has 4 heterocycles. The van der Waals surface area contributed by atoms with Crippen molar-refractivity contribution in [3.63, 3.8) is 0 Å². The molecule has 8 nitrogen and oxygen atoms in total. The van der Waals surface area contributed by atoms with Crippen LogP contribution in [0.2, 0.25) is 0 Å². The monoisotopic (exact) mass is 509 g/mol. The van der Waals surface area contributed by atoms with Gasteiger partial charge >= 0.3 is 0 Å². The summed E-state index contributed by atoms with van der Waals surface area (Å²) in [6, 6.07) is 12.1. The number of rotatable bonds is 6. The maximum absolute atomic E-state index is 12.4. The normalized spacial score (nSPS) is 15.8. The number of nitrogens with zero attached hydrogens (tertiary/aromatic N) is 3. The van der Waals surface area contributed by atoms with Gasteiger partial charge in [-0.1, -0.05) is 38.1 Å². The zero-order chi connectivity index (χ0) is 25.5. The lowest BCUT2D eigenvalue weighted by Crippen LogP contribution is -2.36. The van der Waals surface area contributed by atoms with Crippen LogP contribution in [0.15, 0.2) is 65.8 Å². The van der Waals surface area contributed by atoms with Gasteiger partial charge in [-0.15, -0.1) is 11.3 Å². The van der Waals surface area contributed by atoms with E-state index in [0.29, 0.717) is 18.7 Å². The number of hydrogen-bond donors (Lipinski definition) is 4. The van der Waals surface area contributed by atoms with E-state index in [9.17, 15) is 4.79 Å². The van der Waals surface area contributed by atoms with Crippen LogP contribution in [0.3, 0.4) is 0 Å². The van der Waals surface area contributed by atoms with Crippen LogP contribution in [0.1, 0.15) is 32.4 Å². The molecule has 186 valence electrons. The molecule has 37 heavy (non-hydrogen) atoms. The molecule has 1 atom stereocenters. The van der Waals surface area contributed by atoms with Crippen molar-refractivity contribution in [1.82, 2.24) is 30.5 Å². The summed E-state index contributed by atoms with van der Waals surface area (Å²) in [5.41, 5.74) is 13.2. The first-order valence-electron chi connectivity index (χ1n) is 12.3. The third-order valence-corrected chi connectivity index (χ3v) is 7.35. The number of amides is 1. The van der Waals surface area contributed by atoms with E-state index in [4.69, 9.17) is 10.7 Å². The standard InChI is InChI=1S/C28H27N7OS/c1-15(2)11-25(36)31-22-12-16(8-9-19(22)29)21-13-18-23(14-30-21)34-35-27(18)28-32-20-6-3-5-17(26(20)33-28)24-7-4-10-37-24/h3-8,10,12-15,19H,9,11,29H2,1-2H3,(H,31,36)(H,32,33)(H,34,35). The van der Waals surface area contributed by atoms with Gasteiger partial charge in [0.05, 0.1) is 28.4 Å². The quantitative estimate of drug-likeness (QED) is 0.244. The molecule has 0 fully saturated rings. The number of carbonyl (C=O) groups is 1. The second-order valence-electron chi connectivity index (χ2n) is 9.70. The van der Waals surface area contributed by atoms with E-state index in [-0.39, 0.29) is 17.9 Å². The molecule has 1 unspecified atom stereocenters. The van der Waals surface area contributed by atoms with Crippen LogP contribution in [-0.4, -0.2) is 37.1 Å². The summed E-state index contributed by atoms with van der Waals surface area (Å²) < 4.78 is 0. The highest BCUT2D eigenvalue weighted by atomic mass is 32.1. The van der Waals surface area contributed by atoms with E-state index in [1.165, 1.54) is 4.88 Å². The highest BCUT2D eigenvalue weighted by Crippen LogP contribution is 2.34. The fourth-order valence-corrected chi connectivity index (χ4v) is 5.39. The van der Waals surface area contributed by atoms with Crippen molar-refractivity contribution in [1.29, 1.82) is 0 Å². The number of nitrogens with two attached hydrogens (primary N) is 1. The zero-order valence-electron chi connectivity index (χ0n) is 20.6. The average Bonchev–Trinajstić information content (AvgIpc) is 3.63. The largest absolute Gasteiger partial charge is 0.337 e. The Labute approximate surface area is 217 Å². The lowest BCUT2D eigenvalue weighted by atomic mass is 9.97. The predicted molar refractivity (Wildman–Crippen MR) is 149 cm³/mol. The fourth-order valence-electron chi connectivity index (χ4n) is 4.63. The number of H-pyrrole nitrogens is 2. The SMILES string of the molecule is CC(C)CC(=O)NC1=CC(c2cc3c(-c4nc5c(-c6cccs6)cccc5[nH]4)n[nH]c3cn2)=CCC1N. The molecule has 1 aliphatic rings. The molecule has 0 aliphatic heterocycles. The van der Waals surface area contributed by atoms with Crippen molar-refractivity contribution in [2.45, 2.75) is 32.7 Å². The highest BCUT2D eigenvalue weighted by molar-refractivity contribution is 7.13. The van der Waals surface area contributed by atoms with Gasteiger partial charge in [-0.2, -0.15) is 5.10 Å². The van der Waals surface area contributed by atoms with E-state index < -0.39 is 0 Å². The van der Waals surface area contributed by atoms with E-state index in [1.807, 2.05) is 44.2 Å². The van der Waals surface area contributed by atoms with E-state index in [0.717, 1.165) is 50.2 Å². The van der Waals surface area contributed by atoms with Crippen LogP contribution in [-0.2, 0) is 4.79 Å². The lowest BCUT2D eigenvalue weighted by Gasteiger charge is -2.21. The molecule has 0 saturated carbocycles. The van der Waals surface area contributed by atoms with E-state index in [1.54, 1.807) is 17.5 Å². The number of imidazole rings is 1. The zero-order valence-corrected chi connectivity index (χ0v) is 21.4. The highest BCUT2D eigenvalue weighted by Gasteiger charge is 2.20. The van der Waals surface area contributed by atoms with Gasteiger partial charge in [0.25, 0.3) is 0 Å². The molecule has 4 aromatic heterocycles. The topological polar surface area (TPSA) is 125 Å². The van der Waals surface area contributed by atoms with Gasteiger partial charge in [-0.3, -0.25) is 14.9 Å². The van der Waals surface area contributed by atoms with Gasteiger partial charge in [0.1, 0.15) is 5.69 Å². The third kappa shape index (κ3) is 4.47. The lowest BCUT2D eigenvalue weighted by molar-refractivity contribution is -0.121. The Kier molecular flexibility index (Phi) is 5.94. The first-order chi connectivity index (χ1) is 18.0. The number of hydrogen-bond acceptors (Lipinski definition) is 6. The summed E-state index contributed by atoms with van der Waals surface area (Å²) in [5.74, 6) is 0.947. The minimum atomic E-state index is -0.249. The molecule has 1 aromatic carbocycles. The number of allylic oxidation sites excluding steroid dienone is 2. The maximum atomic E-state index is 12.4. The molecule has 0 bridgehead atoms. The number of thiophene rings is 1. The first kappa shape index (κ1) is 23.3. The summed E-state index contributed by atoms with van der Waals surface area (Å²) in [7, 11) is 0. The molecule has 5 aromatic rings. The summed E-state index contributed by atoms with van der Waals surface area (Å²) >= 11 is 1.69. The smallest absolute Gasteiger partial charge is 0.224 e. The molecule has 1 aliphatic carbocycles. The van der Waals surface area contributed by atoms with Crippen LogP contribution >= 0.6 is 11.3 Å². The fraction of sp³-hybridized carbons (Fsp3) is 0.214. The number of fused-ring (bicyclic) bond motifs is 2. The molecular weight excluding hydrogens is 482 g/mol. The van der Waals surface area contributed by atoms with Crippen molar-refractivity contribution in [3.8, 4) is 22.0 Å². The van der Waals surface area contributed by atoms with Crippen molar-refractivity contribution in [2.75, 3.05) is 0 Å². The Balaban J connectivity index is 1.37. The van der Waals surface area contributed by atoms with E-state index in [2.05, 4.69) is 49.1 Å². The van der Waals surface area contributed by atoms with Crippen LogP contribution in [0.4, 0.5) is 0 Å². The Morgan fingerprint density at radius 3 is 2.95 bits per heavy atom. The van der Waals surface area contributed by atoms with Crippen LogP contribution in [0.5, 0.6) is 0 Å². The summed E-state index contributed by atoms with van der Waals surface area (Å²) in [6.45, 7) is 4.04. The minimum absolute atomic E-state index is 0.0229. The molecular formula is C28H27N7OS. The third-order valence-electron chi connectivity index (χ3n) is 6.45. The Bertz CT molecular complexity index is 1670. The number of para-hydroxylation sites is 1. The summed E-state index contributed by atoms with van der Waals surface area (Å²) in [5, 5.41) is 13.6. The summed E-state index contributed by atoms with van der Waals surface area (Å²) in [6.07, 6.45) is 6.84. The van der Waals surface area contributed by atoms with Gasteiger partial charge in [0, 0.05) is 34.0 Å². The second-order valence-corrected chi connectivity index (χ2v) is 10.6. The number of pyridine rings is 1. The van der Waals surface area contributed by atoms with Crippen molar-refractivity contribution >= 4 is 44.8 Å². The number of nitrogens with one attached hydrogen (secondary N) is 3. The van der Waals surface area contributed by atoms with Crippen molar-refractivity contribution in [2.24, 2.45) is 11.7 Å².